The van der Waals surface area contributed by atoms with Crippen molar-refractivity contribution in [1.29, 1.82) is 0 Å². The second-order valence-corrected chi connectivity index (χ2v) is 11.2. The topological polar surface area (TPSA) is 79.4 Å². The van der Waals surface area contributed by atoms with Crippen LogP contribution in [-0.2, 0) is 23.0 Å². The second-order valence-electron chi connectivity index (χ2n) is 5.50. The molecule has 1 aliphatic rings. The summed E-state index contributed by atoms with van der Waals surface area (Å²) >= 11 is 9.68. The highest BCUT2D eigenvalue weighted by atomic mass is 35.5. The highest BCUT2D eigenvalue weighted by molar-refractivity contribution is 7.91. The fourth-order valence-corrected chi connectivity index (χ4v) is 7.34. The number of carbonyl (C=O) groups is 1. The van der Waals surface area contributed by atoms with E-state index in [2.05, 4.69) is 10.3 Å². The largest absolute Gasteiger partial charge is 0.298 e. The Hall–Kier alpha value is -1.30. The molecule has 6 nitrogen and oxygen atoms in total. The Morgan fingerprint density at radius 2 is 2.12 bits per heavy atom. The van der Waals surface area contributed by atoms with Gasteiger partial charge < -0.3 is 0 Å². The average Bonchev–Trinajstić information content (AvgIpc) is 3.34. The van der Waals surface area contributed by atoms with Crippen LogP contribution in [0.5, 0.6) is 0 Å². The molecular weight excluding hydrogens is 434 g/mol. The predicted molar refractivity (Wildman–Crippen MR) is 105 cm³/mol. The molecule has 3 aromatic heterocycles. The molecule has 26 heavy (non-hydrogen) atoms. The number of sulfonamides is 1. The number of hydrogen-bond donors (Lipinski definition) is 1. The number of anilines is 1. The molecule has 11 heteroatoms. The number of thiophene rings is 2. The van der Waals surface area contributed by atoms with Crippen LogP contribution in [0.2, 0.25) is 4.34 Å². The Bertz CT molecular complexity index is 1060. The van der Waals surface area contributed by atoms with E-state index in [4.69, 9.17) is 11.6 Å². The van der Waals surface area contributed by atoms with Crippen LogP contribution in [-0.4, -0.2) is 30.2 Å². The molecule has 0 fully saturated rings. The van der Waals surface area contributed by atoms with Crippen molar-refractivity contribution in [3.8, 4) is 0 Å². The molecule has 4 heterocycles. The SMILES string of the molecule is O=C(Nc1nc2c(s1)CN(S(=O)(=O)c1ccc(Cl)s1)CC2)c1ccsc1. The van der Waals surface area contributed by atoms with E-state index < -0.39 is 10.0 Å². The molecule has 0 saturated carbocycles. The first-order valence-electron chi connectivity index (χ1n) is 7.51. The normalized spacial score (nSPS) is 15.0. The summed E-state index contributed by atoms with van der Waals surface area (Å²) in [5.74, 6) is -0.213. The van der Waals surface area contributed by atoms with Gasteiger partial charge in [0, 0.05) is 23.2 Å². The molecule has 0 atom stereocenters. The molecule has 1 aliphatic heterocycles. The summed E-state index contributed by atoms with van der Waals surface area (Å²) in [6.45, 7) is 0.603. The van der Waals surface area contributed by atoms with Crippen LogP contribution >= 0.6 is 45.6 Å². The fraction of sp³-hybridized carbons (Fsp3) is 0.200. The van der Waals surface area contributed by atoms with Crippen molar-refractivity contribution in [1.82, 2.24) is 9.29 Å². The number of fused-ring (bicyclic) bond motifs is 1. The smallest absolute Gasteiger partial charge is 0.258 e. The van der Waals surface area contributed by atoms with Crippen molar-refractivity contribution >= 4 is 66.7 Å². The average molecular weight is 446 g/mol. The van der Waals surface area contributed by atoms with Crippen LogP contribution in [0.3, 0.4) is 0 Å². The zero-order chi connectivity index (χ0) is 18.3. The van der Waals surface area contributed by atoms with E-state index in [1.807, 2.05) is 5.38 Å². The van der Waals surface area contributed by atoms with E-state index in [0.717, 1.165) is 21.9 Å². The number of carbonyl (C=O) groups excluding carboxylic acids is 1. The van der Waals surface area contributed by atoms with E-state index >= 15 is 0 Å². The van der Waals surface area contributed by atoms with Gasteiger partial charge in [-0.15, -0.1) is 22.7 Å². The third-order valence-corrected chi connectivity index (χ3v) is 9.07. The highest BCUT2D eigenvalue weighted by Crippen LogP contribution is 2.34. The molecule has 0 unspecified atom stereocenters. The van der Waals surface area contributed by atoms with Gasteiger partial charge in [0.15, 0.2) is 5.13 Å². The van der Waals surface area contributed by atoms with Crippen LogP contribution in [0.25, 0.3) is 0 Å². The molecular formula is C15H12ClN3O3S4. The van der Waals surface area contributed by atoms with Crippen molar-refractivity contribution in [3.05, 3.63) is 49.4 Å². The maximum absolute atomic E-state index is 12.7. The Labute approximate surface area is 167 Å². The molecule has 0 radical (unpaired) electrons. The van der Waals surface area contributed by atoms with Gasteiger partial charge in [-0.05, 0) is 23.6 Å². The summed E-state index contributed by atoms with van der Waals surface area (Å²) in [4.78, 5) is 17.4. The maximum atomic E-state index is 12.7. The minimum absolute atomic E-state index is 0.213. The first kappa shape index (κ1) is 18.1. The highest BCUT2D eigenvalue weighted by Gasteiger charge is 2.31. The zero-order valence-corrected chi connectivity index (χ0v) is 17.2. The standard InChI is InChI=1S/C15H12ClN3O3S4/c16-12-1-2-13(25-12)26(21,22)19-5-3-10-11(7-19)24-15(17-10)18-14(20)9-4-6-23-8-9/h1-2,4,6,8H,3,5,7H2,(H,17,18,20). The Balaban J connectivity index is 1.52. The summed E-state index contributed by atoms with van der Waals surface area (Å²) in [5.41, 5.74) is 1.42. The zero-order valence-electron chi connectivity index (χ0n) is 13.1. The molecule has 0 spiro atoms. The summed E-state index contributed by atoms with van der Waals surface area (Å²) in [6.07, 6.45) is 0.512. The van der Waals surface area contributed by atoms with E-state index in [-0.39, 0.29) is 16.7 Å². The van der Waals surface area contributed by atoms with Crippen molar-refractivity contribution in [2.24, 2.45) is 0 Å². The lowest BCUT2D eigenvalue weighted by Gasteiger charge is -2.24. The van der Waals surface area contributed by atoms with Crippen LogP contribution < -0.4 is 5.32 Å². The van der Waals surface area contributed by atoms with Crippen molar-refractivity contribution in [3.63, 3.8) is 0 Å². The number of rotatable bonds is 4. The van der Waals surface area contributed by atoms with Gasteiger partial charge in [0.2, 0.25) is 0 Å². The lowest BCUT2D eigenvalue weighted by molar-refractivity contribution is 0.102. The van der Waals surface area contributed by atoms with Gasteiger partial charge in [-0.25, -0.2) is 13.4 Å². The molecule has 0 aromatic carbocycles. The lowest BCUT2D eigenvalue weighted by atomic mass is 10.2. The van der Waals surface area contributed by atoms with E-state index in [1.54, 1.807) is 17.5 Å². The van der Waals surface area contributed by atoms with Gasteiger partial charge in [-0.1, -0.05) is 11.6 Å². The minimum Gasteiger partial charge on any atom is -0.298 e. The van der Waals surface area contributed by atoms with Gasteiger partial charge in [0.25, 0.3) is 15.9 Å². The summed E-state index contributed by atoms with van der Waals surface area (Å²) in [5, 5.41) is 6.87. The summed E-state index contributed by atoms with van der Waals surface area (Å²) in [7, 11) is -3.57. The number of nitrogens with one attached hydrogen (secondary N) is 1. The van der Waals surface area contributed by atoms with E-state index in [0.29, 0.717) is 28.0 Å². The van der Waals surface area contributed by atoms with Gasteiger partial charge in [-0.2, -0.15) is 15.6 Å². The molecule has 3 aromatic rings. The van der Waals surface area contributed by atoms with E-state index in [9.17, 15) is 13.2 Å². The number of halogens is 1. The van der Waals surface area contributed by atoms with Crippen LogP contribution in [0.4, 0.5) is 5.13 Å². The Morgan fingerprint density at radius 1 is 1.27 bits per heavy atom. The molecule has 4 rings (SSSR count). The maximum Gasteiger partial charge on any atom is 0.258 e. The molecule has 1 N–H and O–H groups in total. The van der Waals surface area contributed by atoms with Crippen LogP contribution in [0, 0.1) is 0 Å². The third kappa shape index (κ3) is 3.45. The van der Waals surface area contributed by atoms with Gasteiger partial charge in [0.1, 0.15) is 4.21 Å². The van der Waals surface area contributed by atoms with Crippen molar-refractivity contribution in [2.75, 3.05) is 11.9 Å². The van der Waals surface area contributed by atoms with Gasteiger partial charge in [-0.3, -0.25) is 10.1 Å². The monoisotopic (exact) mass is 445 g/mol. The molecule has 0 saturated heterocycles. The molecule has 1 amide bonds. The fourth-order valence-electron chi connectivity index (χ4n) is 2.56. The first-order valence-corrected chi connectivity index (χ1v) is 11.9. The predicted octanol–water partition coefficient (Wildman–Crippen LogP) is 3.92. The van der Waals surface area contributed by atoms with Crippen molar-refractivity contribution in [2.45, 2.75) is 17.2 Å². The summed E-state index contributed by atoms with van der Waals surface area (Å²) < 4.78 is 27.6. The minimum atomic E-state index is -3.57. The quantitative estimate of drug-likeness (QED) is 0.660. The lowest BCUT2D eigenvalue weighted by Crippen LogP contribution is -2.35. The number of nitrogens with zero attached hydrogens (tertiary/aromatic N) is 2. The number of thiazole rings is 1. The molecule has 136 valence electrons. The Morgan fingerprint density at radius 3 is 2.81 bits per heavy atom. The van der Waals surface area contributed by atoms with Crippen LogP contribution in [0.1, 0.15) is 20.9 Å². The number of hydrogen-bond acceptors (Lipinski definition) is 7. The van der Waals surface area contributed by atoms with Crippen molar-refractivity contribution < 1.29 is 13.2 Å². The third-order valence-electron chi connectivity index (χ3n) is 3.84. The number of aromatic nitrogens is 1. The molecule has 0 aliphatic carbocycles. The molecule has 0 bridgehead atoms. The van der Waals surface area contributed by atoms with Gasteiger partial charge in [0.05, 0.1) is 22.1 Å². The Kier molecular flexibility index (Phi) is 4.88. The van der Waals surface area contributed by atoms with E-state index in [1.165, 1.54) is 33.0 Å². The summed E-state index contributed by atoms with van der Waals surface area (Å²) in [6, 6.07) is 4.85. The van der Waals surface area contributed by atoms with Gasteiger partial charge >= 0.3 is 0 Å². The second kappa shape index (κ2) is 7.02. The first-order chi connectivity index (χ1) is 12.4. The number of amides is 1. The van der Waals surface area contributed by atoms with Crippen LogP contribution in [0.15, 0.2) is 33.2 Å².